The molecular weight excluding hydrogens is 787 g/mol. The van der Waals surface area contributed by atoms with Crippen LogP contribution in [-0.4, -0.2) is 95.4 Å². The molecule has 0 spiro atoms. The van der Waals surface area contributed by atoms with Crippen molar-refractivity contribution in [2.75, 3.05) is 13.2 Å². The Morgan fingerprint density at radius 1 is 0.600 bits per heavy atom. The molecule has 0 aliphatic carbocycles. The lowest BCUT2D eigenvalue weighted by Gasteiger charge is -2.41. The minimum absolute atomic E-state index is 0.225. The Kier molecular flexibility index (Phi) is 36.7. The van der Waals surface area contributed by atoms with Crippen molar-refractivity contribution >= 4 is 16.3 Å². The van der Waals surface area contributed by atoms with Crippen molar-refractivity contribution in [3.05, 3.63) is 0 Å². The van der Waals surface area contributed by atoms with Crippen molar-refractivity contribution in [2.45, 2.75) is 281 Å². The van der Waals surface area contributed by atoms with Gasteiger partial charge >= 0.3 is 10.4 Å². The summed E-state index contributed by atoms with van der Waals surface area (Å²) in [4.78, 5) is 13.1. The molecular formula is C47H93NO11S. The van der Waals surface area contributed by atoms with Crippen molar-refractivity contribution in [2.24, 2.45) is 0 Å². The van der Waals surface area contributed by atoms with Gasteiger partial charge in [-0.15, -0.1) is 0 Å². The summed E-state index contributed by atoms with van der Waals surface area (Å²) in [5.74, 6) is -0.225. The van der Waals surface area contributed by atoms with E-state index in [1.54, 1.807) is 0 Å². The highest BCUT2D eigenvalue weighted by molar-refractivity contribution is 7.80. The predicted molar refractivity (Wildman–Crippen MR) is 241 cm³/mol. The predicted octanol–water partition coefficient (Wildman–Crippen LogP) is 10.2. The molecule has 13 heteroatoms. The maximum absolute atomic E-state index is 13.1. The van der Waals surface area contributed by atoms with Crippen LogP contribution < -0.4 is 5.32 Å². The molecule has 60 heavy (non-hydrogen) atoms. The number of nitrogens with one attached hydrogen (secondary N) is 1. The highest BCUT2D eigenvalue weighted by Gasteiger charge is 2.48. The molecule has 1 heterocycles. The Labute approximate surface area is 367 Å². The fraction of sp³-hybridized carbons (Fsp3) is 0.979. The van der Waals surface area contributed by atoms with Gasteiger partial charge in [-0.3, -0.25) is 9.35 Å². The molecule has 1 fully saturated rings. The molecule has 0 bridgehead atoms. The van der Waals surface area contributed by atoms with Gasteiger partial charge in [0.05, 0.1) is 25.4 Å². The summed E-state index contributed by atoms with van der Waals surface area (Å²) in [6.45, 7) is 3.47. The first kappa shape index (κ1) is 57.1. The van der Waals surface area contributed by atoms with Crippen LogP contribution in [0.4, 0.5) is 0 Å². The van der Waals surface area contributed by atoms with Crippen molar-refractivity contribution < 1.29 is 51.8 Å². The summed E-state index contributed by atoms with van der Waals surface area (Å²) in [6.07, 6.45) is 32.4. The first-order valence-electron chi connectivity index (χ1n) is 24.9. The van der Waals surface area contributed by atoms with Crippen LogP contribution in [0.3, 0.4) is 0 Å². The summed E-state index contributed by atoms with van der Waals surface area (Å²) >= 11 is 0. The maximum Gasteiger partial charge on any atom is 0.397 e. The molecule has 12 nitrogen and oxygen atoms in total. The second kappa shape index (κ2) is 38.5. The van der Waals surface area contributed by atoms with Gasteiger partial charge in [0.2, 0.25) is 5.91 Å². The van der Waals surface area contributed by atoms with Gasteiger partial charge in [0.25, 0.3) is 0 Å². The number of aliphatic hydroxyl groups excluding tert-OH is 4. The number of hydrogen-bond donors (Lipinski definition) is 6. The molecule has 0 saturated carbocycles. The molecule has 358 valence electrons. The molecule has 0 aromatic heterocycles. The van der Waals surface area contributed by atoms with Gasteiger partial charge in [-0.05, 0) is 12.8 Å². The highest BCUT2D eigenvalue weighted by Crippen LogP contribution is 2.26. The van der Waals surface area contributed by atoms with Gasteiger partial charge < -0.3 is 35.2 Å². The van der Waals surface area contributed by atoms with Crippen molar-refractivity contribution in [1.29, 1.82) is 0 Å². The highest BCUT2D eigenvalue weighted by atomic mass is 32.3. The van der Waals surface area contributed by atoms with E-state index >= 15 is 0 Å². The molecule has 0 radical (unpaired) electrons. The van der Waals surface area contributed by atoms with E-state index in [4.69, 9.17) is 9.47 Å². The quantitative estimate of drug-likeness (QED) is 0.0252. The minimum Gasteiger partial charge on any atom is -0.394 e. The van der Waals surface area contributed by atoms with E-state index in [2.05, 4.69) is 23.3 Å². The number of ether oxygens (including phenoxy) is 2. The van der Waals surface area contributed by atoms with Gasteiger partial charge in [-0.2, -0.15) is 8.42 Å². The molecule has 1 aliphatic heterocycles. The fourth-order valence-corrected chi connectivity index (χ4v) is 8.79. The van der Waals surface area contributed by atoms with Gasteiger partial charge in [0, 0.05) is 6.42 Å². The van der Waals surface area contributed by atoms with Gasteiger partial charge in [-0.25, -0.2) is 4.18 Å². The van der Waals surface area contributed by atoms with E-state index in [0.717, 1.165) is 51.4 Å². The lowest BCUT2D eigenvalue weighted by Crippen LogP contribution is -2.61. The number of rotatable bonds is 43. The number of unbranched alkanes of at least 4 members (excludes halogenated alkanes) is 31. The van der Waals surface area contributed by atoms with Gasteiger partial charge in [0.15, 0.2) is 6.29 Å². The molecule has 6 N–H and O–H groups in total. The molecule has 0 aromatic rings. The normalized spacial score (nSPS) is 20.7. The molecule has 1 saturated heterocycles. The third-order valence-electron chi connectivity index (χ3n) is 12.2. The van der Waals surface area contributed by atoms with E-state index in [1.165, 1.54) is 161 Å². The van der Waals surface area contributed by atoms with Crippen molar-refractivity contribution in [3.8, 4) is 0 Å². The zero-order valence-corrected chi connectivity index (χ0v) is 39.1. The summed E-state index contributed by atoms with van der Waals surface area (Å²) < 4.78 is 47.7. The lowest BCUT2D eigenvalue weighted by molar-refractivity contribution is -0.298. The second-order valence-electron chi connectivity index (χ2n) is 17.8. The van der Waals surface area contributed by atoms with E-state index in [9.17, 15) is 38.2 Å². The van der Waals surface area contributed by atoms with Crippen LogP contribution in [0.5, 0.6) is 0 Å². The van der Waals surface area contributed by atoms with Crippen LogP contribution in [0.1, 0.15) is 239 Å². The number of carbonyl (C=O) groups is 1. The molecule has 1 amide bonds. The first-order valence-corrected chi connectivity index (χ1v) is 26.3. The summed E-state index contributed by atoms with van der Waals surface area (Å²) in [5.41, 5.74) is 0. The van der Waals surface area contributed by atoms with Gasteiger partial charge in [0.1, 0.15) is 24.4 Å². The maximum atomic E-state index is 13.1. The second-order valence-corrected chi connectivity index (χ2v) is 18.8. The summed E-state index contributed by atoms with van der Waals surface area (Å²) in [6, 6.07) is -0.851. The molecule has 7 atom stereocenters. The summed E-state index contributed by atoms with van der Waals surface area (Å²) in [7, 11) is -5.07. The summed E-state index contributed by atoms with van der Waals surface area (Å²) in [5, 5.41) is 44.9. The van der Waals surface area contributed by atoms with E-state index in [-0.39, 0.29) is 12.5 Å². The minimum atomic E-state index is -5.07. The third-order valence-corrected chi connectivity index (χ3v) is 12.6. The third kappa shape index (κ3) is 31.0. The smallest absolute Gasteiger partial charge is 0.394 e. The fourth-order valence-electron chi connectivity index (χ4n) is 8.28. The van der Waals surface area contributed by atoms with Crippen LogP contribution in [0.25, 0.3) is 0 Å². The van der Waals surface area contributed by atoms with Crippen molar-refractivity contribution in [1.82, 2.24) is 5.32 Å². The van der Waals surface area contributed by atoms with Crippen LogP contribution >= 0.6 is 0 Å². The van der Waals surface area contributed by atoms with Crippen molar-refractivity contribution in [3.63, 3.8) is 0 Å². The van der Waals surface area contributed by atoms with Gasteiger partial charge in [-0.1, -0.05) is 219 Å². The SMILES string of the molecule is CCCCCCCCCCCCCCCCCCCCC(O)C(COC1OC(CO)C(O)C(OS(=O)(=O)O)C1O)NC(=O)CCCCCCCCCCCCCCCCC. The monoisotopic (exact) mass is 880 g/mol. The average Bonchev–Trinajstić information content (AvgIpc) is 3.22. The Bertz CT molecular complexity index is 1080. The molecule has 1 aliphatic rings. The Morgan fingerprint density at radius 3 is 1.33 bits per heavy atom. The van der Waals surface area contributed by atoms with E-state index in [0.29, 0.717) is 12.8 Å². The Balaban J connectivity index is 2.44. The average molecular weight is 880 g/mol. The number of aliphatic hydroxyl groups is 4. The zero-order chi connectivity index (χ0) is 44.1. The largest absolute Gasteiger partial charge is 0.397 e. The Hall–Kier alpha value is -0.900. The van der Waals surface area contributed by atoms with Crippen LogP contribution in [0, 0.1) is 0 Å². The van der Waals surface area contributed by atoms with E-state index < -0.39 is 59.9 Å². The lowest BCUT2D eigenvalue weighted by atomic mass is 9.99. The number of amides is 1. The van der Waals surface area contributed by atoms with Crippen LogP contribution in [-0.2, 0) is 28.9 Å². The number of hydrogen-bond acceptors (Lipinski definition) is 10. The standard InChI is InChI=1S/C47H93NO11S/c1-3-5-7-9-11-13-15-17-19-20-21-23-24-26-28-30-32-34-36-41(50)40(39-57-47-45(53)46(59-60(54,55)56)44(52)42(38-49)58-47)48-43(51)37-35-33-31-29-27-25-22-18-16-14-12-10-8-6-4-2/h40-42,44-47,49-50,52-53H,3-39H2,1-2H3,(H,48,51)(H,54,55,56). The van der Waals surface area contributed by atoms with E-state index in [1.807, 2.05) is 0 Å². The number of carbonyl (C=O) groups excluding carboxylic acids is 1. The van der Waals surface area contributed by atoms with Crippen LogP contribution in [0.15, 0.2) is 0 Å². The molecule has 1 rings (SSSR count). The zero-order valence-electron chi connectivity index (χ0n) is 38.3. The first-order chi connectivity index (χ1) is 29.0. The topological polar surface area (TPSA) is 192 Å². The molecule has 0 aromatic carbocycles. The Morgan fingerprint density at radius 2 is 0.967 bits per heavy atom. The molecule has 7 unspecified atom stereocenters. The van der Waals surface area contributed by atoms with Crippen LogP contribution in [0.2, 0.25) is 0 Å².